The van der Waals surface area contributed by atoms with E-state index in [9.17, 15) is 22.4 Å². The van der Waals surface area contributed by atoms with Gasteiger partial charge in [-0.3, -0.25) is 9.79 Å². The number of nitrogens with one attached hydrogen (secondary N) is 2. The SMILES string of the molecule is COC(=O)C1=C([C@H]2CC[C@H](CS(=O)(=O)NCC(=O)O)CC2)NC(c2nccs2)=NC1c1ccc(F)cc1Cl. The number of aliphatic carboxylic acids is 1. The third-order valence-electron chi connectivity index (χ3n) is 6.53. The summed E-state index contributed by atoms with van der Waals surface area (Å²) in [4.78, 5) is 32.9. The standard InChI is InChI=1S/C24H26ClFN4O6S2/c1-36-24(33)19-20(14-4-2-13(3-5-14)12-38(34,35)28-11-18(31)32)29-22(23-27-8-9-37-23)30-21(19)16-7-6-15(26)10-17(16)25/h6-10,13-14,21,28H,2-5,11-12H2,1H3,(H,29,30)(H,31,32)/t13-,14-,21?. The molecule has 1 atom stereocenters. The zero-order valence-electron chi connectivity index (χ0n) is 20.3. The molecular formula is C24H26ClFN4O6S2. The van der Waals surface area contributed by atoms with Crippen molar-refractivity contribution in [3.05, 3.63) is 62.5 Å². The molecule has 2 aromatic rings. The van der Waals surface area contributed by atoms with Crippen molar-refractivity contribution in [1.82, 2.24) is 15.0 Å². The number of allylic oxidation sites excluding steroid dienone is 1. The summed E-state index contributed by atoms with van der Waals surface area (Å²) in [6.45, 7) is -0.664. The number of benzene rings is 1. The van der Waals surface area contributed by atoms with Gasteiger partial charge in [0.05, 0.1) is 18.4 Å². The molecule has 1 aliphatic heterocycles. The Morgan fingerprint density at radius 3 is 2.63 bits per heavy atom. The van der Waals surface area contributed by atoms with E-state index in [0.717, 1.165) is 6.07 Å². The number of hydrogen-bond donors (Lipinski definition) is 3. The zero-order valence-corrected chi connectivity index (χ0v) is 22.7. The number of amidine groups is 1. The molecule has 0 radical (unpaired) electrons. The average Bonchev–Trinajstić information content (AvgIpc) is 3.42. The van der Waals surface area contributed by atoms with Crippen LogP contribution in [0.15, 0.2) is 46.0 Å². The van der Waals surface area contributed by atoms with E-state index >= 15 is 0 Å². The summed E-state index contributed by atoms with van der Waals surface area (Å²) in [6, 6.07) is 3.03. The van der Waals surface area contributed by atoms with Gasteiger partial charge in [-0.25, -0.2) is 27.3 Å². The van der Waals surface area contributed by atoms with Crippen LogP contribution >= 0.6 is 22.9 Å². The van der Waals surface area contributed by atoms with Crippen molar-refractivity contribution in [3.8, 4) is 0 Å². The second-order valence-electron chi connectivity index (χ2n) is 9.04. The number of nitrogens with zero attached hydrogens (tertiary/aromatic N) is 2. The fourth-order valence-electron chi connectivity index (χ4n) is 4.78. The number of thiazole rings is 1. The molecule has 4 rings (SSSR count). The van der Waals surface area contributed by atoms with Crippen molar-refractivity contribution in [2.45, 2.75) is 31.7 Å². The Hall–Kier alpha value is -2.87. The Morgan fingerprint density at radius 1 is 1.29 bits per heavy atom. The van der Waals surface area contributed by atoms with E-state index in [1.165, 1.54) is 30.6 Å². The lowest BCUT2D eigenvalue weighted by Gasteiger charge is -2.35. The summed E-state index contributed by atoms with van der Waals surface area (Å²) in [7, 11) is -2.48. The van der Waals surface area contributed by atoms with Crippen molar-refractivity contribution in [2.24, 2.45) is 16.8 Å². The smallest absolute Gasteiger partial charge is 0.338 e. The number of esters is 1. The highest BCUT2D eigenvalue weighted by Gasteiger charge is 2.38. The lowest BCUT2D eigenvalue weighted by molar-refractivity contribution is -0.137. The normalized spacial score (nSPS) is 22.0. The molecule has 1 aromatic carbocycles. The lowest BCUT2D eigenvalue weighted by Crippen LogP contribution is -2.39. The highest BCUT2D eigenvalue weighted by atomic mass is 35.5. The van der Waals surface area contributed by atoms with Gasteiger partial charge < -0.3 is 15.2 Å². The number of halogens is 2. The van der Waals surface area contributed by atoms with Gasteiger partial charge in [0, 0.05) is 27.9 Å². The molecule has 1 aliphatic carbocycles. The van der Waals surface area contributed by atoms with E-state index in [1.54, 1.807) is 11.6 Å². The molecule has 14 heteroatoms. The molecule has 0 amide bonds. The van der Waals surface area contributed by atoms with Crippen molar-refractivity contribution in [3.63, 3.8) is 0 Å². The fraction of sp³-hybridized carbons (Fsp3) is 0.417. The van der Waals surface area contributed by atoms with Gasteiger partial charge in [-0.1, -0.05) is 17.7 Å². The third-order valence-corrected chi connectivity index (χ3v) is 9.13. The van der Waals surface area contributed by atoms with Crippen LogP contribution in [-0.4, -0.2) is 55.7 Å². The second-order valence-corrected chi connectivity index (χ2v) is 12.2. The molecule has 1 aromatic heterocycles. The Balaban J connectivity index is 1.65. The number of aromatic nitrogens is 1. The minimum atomic E-state index is -3.74. The van der Waals surface area contributed by atoms with Crippen molar-refractivity contribution >= 4 is 50.7 Å². The van der Waals surface area contributed by atoms with Crippen LogP contribution in [0.3, 0.4) is 0 Å². The van der Waals surface area contributed by atoms with Gasteiger partial charge >= 0.3 is 11.9 Å². The van der Waals surface area contributed by atoms with Crippen LogP contribution < -0.4 is 10.0 Å². The molecule has 0 saturated heterocycles. The molecule has 3 N–H and O–H groups in total. The van der Waals surface area contributed by atoms with Crippen LogP contribution in [0.1, 0.15) is 42.3 Å². The Bertz CT molecular complexity index is 1370. The molecular weight excluding hydrogens is 559 g/mol. The fourth-order valence-corrected chi connectivity index (χ4v) is 7.05. The second kappa shape index (κ2) is 11.9. The molecule has 0 bridgehead atoms. The highest BCUT2D eigenvalue weighted by molar-refractivity contribution is 7.89. The van der Waals surface area contributed by atoms with E-state index in [0.29, 0.717) is 47.8 Å². The summed E-state index contributed by atoms with van der Waals surface area (Å²) in [5.41, 5.74) is 1.28. The first kappa shape index (κ1) is 28.1. The minimum absolute atomic E-state index is 0.114. The Morgan fingerprint density at radius 2 is 2.03 bits per heavy atom. The minimum Gasteiger partial charge on any atom is -0.480 e. The number of ether oxygens (including phenoxy) is 1. The molecule has 1 saturated carbocycles. The van der Waals surface area contributed by atoms with Gasteiger partial charge in [-0.2, -0.15) is 0 Å². The first-order chi connectivity index (χ1) is 18.1. The number of rotatable bonds is 9. The van der Waals surface area contributed by atoms with Crippen molar-refractivity contribution in [2.75, 3.05) is 19.4 Å². The highest BCUT2D eigenvalue weighted by Crippen LogP contribution is 2.42. The Labute approximate surface area is 228 Å². The predicted molar refractivity (Wildman–Crippen MR) is 140 cm³/mol. The molecule has 1 unspecified atom stereocenters. The van der Waals surface area contributed by atoms with Gasteiger partial charge in [0.1, 0.15) is 18.4 Å². The van der Waals surface area contributed by atoms with Crippen LogP contribution in [0.25, 0.3) is 0 Å². The summed E-state index contributed by atoms with van der Waals surface area (Å²) < 4.78 is 45.6. The summed E-state index contributed by atoms with van der Waals surface area (Å²) in [5, 5.41) is 14.5. The van der Waals surface area contributed by atoms with Gasteiger partial charge in [-0.15, -0.1) is 11.3 Å². The van der Waals surface area contributed by atoms with Gasteiger partial charge in [0.25, 0.3) is 0 Å². The summed E-state index contributed by atoms with van der Waals surface area (Å²) in [5.74, 6) is -2.44. The molecule has 1 fully saturated rings. The molecule has 0 spiro atoms. The van der Waals surface area contributed by atoms with Crippen molar-refractivity contribution < 1.29 is 32.2 Å². The third kappa shape index (κ3) is 6.57. The number of carboxylic acids is 1. The first-order valence-corrected chi connectivity index (χ1v) is 14.7. The number of sulfonamides is 1. The largest absolute Gasteiger partial charge is 0.480 e. The number of methoxy groups -OCH3 is 1. The maximum absolute atomic E-state index is 13.8. The molecule has 204 valence electrons. The quantitative estimate of drug-likeness (QED) is 0.381. The van der Waals surface area contributed by atoms with E-state index in [1.807, 2.05) is 0 Å². The number of carbonyl (C=O) groups excluding carboxylic acids is 1. The van der Waals surface area contributed by atoms with E-state index in [-0.39, 0.29) is 28.2 Å². The summed E-state index contributed by atoms with van der Waals surface area (Å²) in [6.07, 6.45) is 3.86. The predicted octanol–water partition coefficient (Wildman–Crippen LogP) is 3.26. The van der Waals surface area contributed by atoms with Gasteiger partial charge in [-0.05, 0) is 49.7 Å². The Kier molecular flexibility index (Phi) is 8.81. The number of aliphatic imine (C=N–C) groups is 1. The van der Waals surface area contributed by atoms with E-state index < -0.39 is 40.4 Å². The average molecular weight is 585 g/mol. The van der Waals surface area contributed by atoms with Crippen LogP contribution in [-0.2, 0) is 24.3 Å². The lowest BCUT2D eigenvalue weighted by atomic mass is 9.78. The topological polar surface area (TPSA) is 147 Å². The molecule has 2 heterocycles. The first-order valence-electron chi connectivity index (χ1n) is 11.8. The maximum Gasteiger partial charge on any atom is 0.338 e. The van der Waals surface area contributed by atoms with Gasteiger partial charge in [0.15, 0.2) is 10.8 Å². The van der Waals surface area contributed by atoms with Crippen LogP contribution in [0, 0.1) is 17.7 Å². The monoisotopic (exact) mass is 584 g/mol. The molecule has 2 aliphatic rings. The van der Waals surface area contributed by atoms with Crippen molar-refractivity contribution in [1.29, 1.82) is 0 Å². The van der Waals surface area contributed by atoms with Crippen LogP contribution in [0.4, 0.5) is 4.39 Å². The summed E-state index contributed by atoms with van der Waals surface area (Å²) >= 11 is 7.75. The molecule has 10 nitrogen and oxygen atoms in total. The zero-order chi connectivity index (χ0) is 27.4. The van der Waals surface area contributed by atoms with E-state index in [2.05, 4.69) is 15.0 Å². The van der Waals surface area contributed by atoms with Crippen LogP contribution in [0.2, 0.25) is 5.02 Å². The number of carboxylic acid groups (broad SMARTS) is 1. The molecule has 38 heavy (non-hydrogen) atoms. The van der Waals surface area contributed by atoms with E-state index in [4.69, 9.17) is 26.4 Å². The maximum atomic E-state index is 13.8. The van der Waals surface area contributed by atoms with Crippen LogP contribution in [0.5, 0.6) is 0 Å². The number of carbonyl (C=O) groups is 2. The van der Waals surface area contributed by atoms with Gasteiger partial charge in [0.2, 0.25) is 10.0 Å². The number of hydrogen-bond acceptors (Lipinski definition) is 9.